The number of hydrogen-bond acceptors (Lipinski definition) is 3. The van der Waals surface area contributed by atoms with Crippen LogP contribution in [0.2, 0.25) is 5.02 Å². The first-order chi connectivity index (χ1) is 9.78. The van der Waals surface area contributed by atoms with Gasteiger partial charge in [-0.15, -0.1) is 11.6 Å². The molecule has 6 heteroatoms. The first kappa shape index (κ1) is 14.1. The van der Waals surface area contributed by atoms with Crippen molar-refractivity contribution in [3.63, 3.8) is 0 Å². The normalized spacial score (nSPS) is 16.9. The Hall–Kier alpha value is -0.810. The van der Waals surface area contributed by atoms with E-state index in [4.69, 9.17) is 27.9 Å². The molecular weight excluding hydrogens is 297 g/mol. The maximum atomic E-state index is 6.09. The average molecular weight is 314 g/mol. The molecule has 0 radical (unpaired) electrons. The molecule has 1 aromatic heterocycles. The number of morpholine rings is 1. The molecule has 3 rings (SSSR count). The summed E-state index contributed by atoms with van der Waals surface area (Å²) < 4.78 is 7.54. The molecule has 0 spiro atoms. The number of imidazole rings is 1. The largest absolute Gasteiger partial charge is 0.379 e. The van der Waals surface area contributed by atoms with Crippen LogP contribution in [-0.4, -0.2) is 47.3 Å². The van der Waals surface area contributed by atoms with E-state index < -0.39 is 0 Å². The van der Waals surface area contributed by atoms with Gasteiger partial charge in [0, 0.05) is 31.2 Å². The van der Waals surface area contributed by atoms with Crippen LogP contribution in [0.5, 0.6) is 0 Å². The third-order valence-electron chi connectivity index (χ3n) is 3.65. The average Bonchev–Trinajstić information content (AvgIpc) is 2.83. The summed E-state index contributed by atoms with van der Waals surface area (Å²) in [5.41, 5.74) is 2.01. The topological polar surface area (TPSA) is 30.3 Å². The number of nitrogens with zero attached hydrogens (tertiary/aromatic N) is 3. The van der Waals surface area contributed by atoms with E-state index in [-0.39, 0.29) is 0 Å². The summed E-state index contributed by atoms with van der Waals surface area (Å²) in [4.78, 5) is 6.97. The number of benzene rings is 1. The zero-order valence-electron chi connectivity index (χ0n) is 11.2. The van der Waals surface area contributed by atoms with Gasteiger partial charge < -0.3 is 9.30 Å². The number of rotatable bonds is 4. The van der Waals surface area contributed by atoms with Crippen molar-refractivity contribution in [1.29, 1.82) is 0 Å². The highest BCUT2D eigenvalue weighted by molar-refractivity contribution is 6.31. The van der Waals surface area contributed by atoms with E-state index in [0.29, 0.717) is 5.88 Å². The summed E-state index contributed by atoms with van der Waals surface area (Å²) in [5.74, 6) is 1.31. The molecule has 1 aliphatic heterocycles. The molecule has 108 valence electrons. The molecule has 1 aliphatic rings. The van der Waals surface area contributed by atoms with E-state index in [0.717, 1.165) is 61.3 Å². The quantitative estimate of drug-likeness (QED) is 0.813. The van der Waals surface area contributed by atoms with E-state index in [1.807, 2.05) is 18.2 Å². The number of fused-ring (bicyclic) bond motifs is 1. The van der Waals surface area contributed by atoms with Crippen LogP contribution >= 0.6 is 23.2 Å². The molecule has 20 heavy (non-hydrogen) atoms. The molecule has 1 fully saturated rings. The molecule has 0 unspecified atom stereocenters. The van der Waals surface area contributed by atoms with Crippen molar-refractivity contribution in [3.8, 4) is 0 Å². The first-order valence-corrected chi connectivity index (χ1v) is 7.70. The molecule has 1 saturated heterocycles. The van der Waals surface area contributed by atoms with Crippen molar-refractivity contribution in [2.24, 2.45) is 0 Å². The highest BCUT2D eigenvalue weighted by atomic mass is 35.5. The first-order valence-electron chi connectivity index (χ1n) is 6.78. The van der Waals surface area contributed by atoms with Crippen LogP contribution in [-0.2, 0) is 17.2 Å². The second kappa shape index (κ2) is 6.31. The van der Waals surface area contributed by atoms with Gasteiger partial charge in [0.25, 0.3) is 0 Å². The fraction of sp³-hybridized carbons (Fsp3) is 0.500. The molecule has 1 aromatic carbocycles. The Morgan fingerprint density at radius 3 is 2.75 bits per heavy atom. The second-order valence-corrected chi connectivity index (χ2v) is 5.60. The minimum Gasteiger partial charge on any atom is -0.379 e. The van der Waals surface area contributed by atoms with Gasteiger partial charge in [0.05, 0.1) is 30.1 Å². The van der Waals surface area contributed by atoms with Crippen LogP contribution in [0.15, 0.2) is 18.2 Å². The number of halogens is 2. The van der Waals surface area contributed by atoms with Crippen LogP contribution in [0.4, 0.5) is 0 Å². The molecule has 0 N–H and O–H groups in total. The summed E-state index contributed by atoms with van der Waals surface area (Å²) in [6, 6.07) is 5.76. The summed E-state index contributed by atoms with van der Waals surface area (Å²) in [6.45, 7) is 5.47. The fourth-order valence-corrected chi connectivity index (χ4v) is 2.93. The SMILES string of the molecule is ClCc1nc2ccc(Cl)cc2n1CCN1CCOCC1. The molecular formula is C14H17Cl2N3O. The summed E-state index contributed by atoms with van der Waals surface area (Å²) in [7, 11) is 0. The van der Waals surface area contributed by atoms with Crippen molar-refractivity contribution in [2.75, 3.05) is 32.8 Å². The van der Waals surface area contributed by atoms with Crippen molar-refractivity contribution in [3.05, 3.63) is 29.0 Å². The van der Waals surface area contributed by atoms with E-state index in [1.165, 1.54) is 0 Å². The number of ether oxygens (including phenoxy) is 1. The Bertz CT molecular complexity index is 593. The van der Waals surface area contributed by atoms with Gasteiger partial charge in [-0.3, -0.25) is 4.90 Å². The zero-order valence-corrected chi connectivity index (χ0v) is 12.7. The van der Waals surface area contributed by atoms with Crippen molar-refractivity contribution < 1.29 is 4.74 Å². The van der Waals surface area contributed by atoms with E-state index in [9.17, 15) is 0 Å². The number of aromatic nitrogens is 2. The lowest BCUT2D eigenvalue weighted by atomic mass is 10.3. The Morgan fingerprint density at radius 1 is 1.20 bits per heavy atom. The maximum Gasteiger partial charge on any atom is 0.124 e. The van der Waals surface area contributed by atoms with Gasteiger partial charge in [0.15, 0.2) is 0 Å². The molecule has 0 saturated carbocycles. The second-order valence-electron chi connectivity index (χ2n) is 4.90. The predicted octanol–water partition coefficient (Wildman–Crippen LogP) is 2.76. The minimum atomic E-state index is 0.412. The lowest BCUT2D eigenvalue weighted by Gasteiger charge is -2.26. The van der Waals surface area contributed by atoms with Gasteiger partial charge in [-0.25, -0.2) is 4.98 Å². The van der Waals surface area contributed by atoms with Crippen LogP contribution in [0, 0.1) is 0 Å². The summed E-state index contributed by atoms with van der Waals surface area (Å²) >= 11 is 12.1. The van der Waals surface area contributed by atoms with Crippen molar-refractivity contribution in [2.45, 2.75) is 12.4 Å². The third-order valence-corrected chi connectivity index (χ3v) is 4.13. The smallest absolute Gasteiger partial charge is 0.124 e. The molecule has 0 bridgehead atoms. The van der Waals surface area contributed by atoms with Crippen molar-refractivity contribution >= 4 is 34.2 Å². The van der Waals surface area contributed by atoms with E-state index >= 15 is 0 Å². The van der Waals surface area contributed by atoms with Gasteiger partial charge >= 0.3 is 0 Å². The Balaban J connectivity index is 1.83. The highest BCUT2D eigenvalue weighted by Crippen LogP contribution is 2.21. The lowest BCUT2D eigenvalue weighted by Crippen LogP contribution is -2.38. The van der Waals surface area contributed by atoms with Gasteiger partial charge in [-0.2, -0.15) is 0 Å². The summed E-state index contributed by atoms with van der Waals surface area (Å²) in [6.07, 6.45) is 0. The number of hydrogen-bond donors (Lipinski definition) is 0. The van der Waals surface area contributed by atoms with Gasteiger partial charge in [-0.1, -0.05) is 11.6 Å². The molecule has 2 heterocycles. The lowest BCUT2D eigenvalue weighted by molar-refractivity contribution is 0.0364. The predicted molar refractivity (Wildman–Crippen MR) is 81.6 cm³/mol. The van der Waals surface area contributed by atoms with Gasteiger partial charge in [0.2, 0.25) is 0 Å². The molecule has 0 atom stereocenters. The number of alkyl halides is 1. The molecule has 2 aromatic rings. The molecule has 0 amide bonds. The highest BCUT2D eigenvalue weighted by Gasteiger charge is 2.14. The maximum absolute atomic E-state index is 6.09. The van der Waals surface area contributed by atoms with Crippen LogP contribution in [0.25, 0.3) is 11.0 Å². The van der Waals surface area contributed by atoms with Crippen molar-refractivity contribution in [1.82, 2.24) is 14.5 Å². The minimum absolute atomic E-state index is 0.412. The van der Waals surface area contributed by atoms with Gasteiger partial charge in [0.1, 0.15) is 5.82 Å². The van der Waals surface area contributed by atoms with Crippen LogP contribution < -0.4 is 0 Å². The standard InChI is InChI=1S/C14H17Cl2N3O/c15-10-14-17-12-2-1-11(16)9-13(12)19(14)4-3-18-5-7-20-8-6-18/h1-2,9H,3-8,10H2. The van der Waals surface area contributed by atoms with Crippen LogP contribution in [0.3, 0.4) is 0 Å². The summed E-state index contributed by atoms with van der Waals surface area (Å²) in [5, 5.41) is 0.728. The van der Waals surface area contributed by atoms with E-state index in [1.54, 1.807) is 0 Å². The van der Waals surface area contributed by atoms with E-state index in [2.05, 4.69) is 14.5 Å². The molecule has 0 aliphatic carbocycles. The fourth-order valence-electron chi connectivity index (χ4n) is 2.56. The monoisotopic (exact) mass is 313 g/mol. The Labute approximate surface area is 128 Å². The van der Waals surface area contributed by atoms with Gasteiger partial charge in [-0.05, 0) is 18.2 Å². The third kappa shape index (κ3) is 2.93. The Morgan fingerprint density at radius 2 is 2.00 bits per heavy atom. The Kier molecular flexibility index (Phi) is 4.46. The van der Waals surface area contributed by atoms with Crippen LogP contribution in [0.1, 0.15) is 5.82 Å². The zero-order chi connectivity index (χ0) is 13.9. The molecule has 4 nitrogen and oxygen atoms in total.